The first-order valence-corrected chi connectivity index (χ1v) is 6.16. The van der Waals surface area contributed by atoms with Gasteiger partial charge in [0, 0.05) is 19.1 Å². The molecular weight excluding hydrogens is 224 g/mol. The van der Waals surface area contributed by atoms with Crippen LogP contribution < -0.4 is 5.73 Å². The highest BCUT2D eigenvalue weighted by Crippen LogP contribution is 2.20. The van der Waals surface area contributed by atoms with Crippen molar-refractivity contribution in [2.24, 2.45) is 5.73 Å². The van der Waals surface area contributed by atoms with Gasteiger partial charge in [0.05, 0.1) is 11.9 Å². The number of aromatic nitrogens is 2. The SMILES string of the molecule is Cc1cn[nH]c1CN(C)C(CN)c1ccccc1. The van der Waals surface area contributed by atoms with Crippen LogP contribution in [0.25, 0.3) is 0 Å². The van der Waals surface area contributed by atoms with Crippen molar-refractivity contribution in [3.05, 3.63) is 53.3 Å². The van der Waals surface area contributed by atoms with E-state index < -0.39 is 0 Å². The average molecular weight is 244 g/mol. The lowest BCUT2D eigenvalue weighted by Gasteiger charge is -2.27. The zero-order valence-corrected chi connectivity index (χ0v) is 10.9. The smallest absolute Gasteiger partial charge is 0.0521 e. The number of hydrogen-bond donors (Lipinski definition) is 2. The van der Waals surface area contributed by atoms with Gasteiger partial charge in [-0.25, -0.2) is 0 Å². The molecule has 1 heterocycles. The largest absolute Gasteiger partial charge is 0.329 e. The van der Waals surface area contributed by atoms with E-state index in [1.807, 2.05) is 24.4 Å². The van der Waals surface area contributed by atoms with Crippen LogP contribution in [0.3, 0.4) is 0 Å². The minimum absolute atomic E-state index is 0.230. The Kier molecular flexibility index (Phi) is 4.12. The van der Waals surface area contributed by atoms with E-state index in [9.17, 15) is 0 Å². The fourth-order valence-electron chi connectivity index (χ4n) is 2.14. The topological polar surface area (TPSA) is 57.9 Å². The van der Waals surface area contributed by atoms with E-state index in [0.29, 0.717) is 6.54 Å². The molecule has 0 saturated carbocycles. The van der Waals surface area contributed by atoms with E-state index in [1.165, 1.54) is 11.1 Å². The van der Waals surface area contributed by atoms with Gasteiger partial charge in [0.15, 0.2) is 0 Å². The molecule has 0 saturated heterocycles. The predicted molar refractivity (Wildman–Crippen MR) is 73.0 cm³/mol. The molecule has 4 heteroatoms. The van der Waals surface area contributed by atoms with Crippen LogP contribution in [0, 0.1) is 6.92 Å². The normalized spacial score (nSPS) is 12.9. The Bertz CT molecular complexity index is 478. The summed E-state index contributed by atoms with van der Waals surface area (Å²) in [5, 5.41) is 7.08. The molecule has 0 spiro atoms. The second-order valence-electron chi connectivity index (χ2n) is 4.61. The molecule has 96 valence electrons. The van der Waals surface area contributed by atoms with Crippen LogP contribution in [0.2, 0.25) is 0 Å². The van der Waals surface area contributed by atoms with Crippen molar-refractivity contribution < 1.29 is 0 Å². The highest BCUT2D eigenvalue weighted by Gasteiger charge is 2.16. The van der Waals surface area contributed by atoms with Gasteiger partial charge in [-0.15, -0.1) is 0 Å². The summed E-state index contributed by atoms with van der Waals surface area (Å²) in [5.41, 5.74) is 9.49. The van der Waals surface area contributed by atoms with Gasteiger partial charge in [-0.05, 0) is 25.1 Å². The molecule has 1 atom stereocenters. The summed E-state index contributed by atoms with van der Waals surface area (Å²) in [6.45, 7) is 3.49. The van der Waals surface area contributed by atoms with Gasteiger partial charge in [-0.2, -0.15) is 5.10 Å². The number of aromatic amines is 1. The minimum atomic E-state index is 0.230. The van der Waals surface area contributed by atoms with Crippen molar-refractivity contribution in [1.82, 2.24) is 15.1 Å². The van der Waals surface area contributed by atoms with Crippen LogP contribution in [0.4, 0.5) is 0 Å². The Morgan fingerprint density at radius 3 is 2.61 bits per heavy atom. The maximum atomic E-state index is 5.91. The lowest BCUT2D eigenvalue weighted by Crippen LogP contribution is -2.30. The molecule has 4 nitrogen and oxygen atoms in total. The number of benzene rings is 1. The lowest BCUT2D eigenvalue weighted by molar-refractivity contribution is 0.238. The Labute approximate surface area is 108 Å². The quantitative estimate of drug-likeness (QED) is 0.844. The number of H-pyrrole nitrogens is 1. The number of nitrogens with zero attached hydrogens (tertiary/aromatic N) is 2. The summed E-state index contributed by atoms with van der Waals surface area (Å²) < 4.78 is 0. The van der Waals surface area contributed by atoms with Crippen molar-refractivity contribution in [2.75, 3.05) is 13.6 Å². The number of hydrogen-bond acceptors (Lipinski definition) is 3. The lowest BCUT2D eigenvalue weighted by atomic mass is 10.1. The molecule has 0 radical (unpaired) electrons. The first kappa shape index (κ1) is 12.8. The Morgan fingerprint density at radius 2 is 2.06 bits per heavy atom. The molecule has 1 aromatic carbocycles. The molecular formula is C14H20N4. The van der Waals surface area contributed by atoms with E-state index in [1.54, 1.807) is 0 Å². The summed E-state index contributed by atoms with van der Waals surface area (Å²) in [4.78, 5) is 2.25. The van der Waals surface area contributed by atoms with Gasteiger partial charge < -0.3 is 5.73 Å². The summed E-state index contributed by atoms with van der Waals surface area (Å²) in [5.74, 6) is 0. The molecule has 2 aromatic rings. The molecule has 0 aliphatic heterocycles. The zero-order chi connectivity index (χ0) is 13.0. The molecule has 3 N–H and O–H groups in total. The van der Waals surface area contributed by atoms with E-state index in [2.05, 4.69) is 41.2 Å². The van der Waals surface area contributed by atoms with Crippen molar-refractivity contribution in [3.8, 4) is 0 Å². The van der Waals surface area contributed by atoms with Crippen LogP contribution >= 0.6 is 0 Å². The van der Waals surface area contributed by atoms with Gasteiger partial charge in [-0.1, -0.05) is 30.3 Å². The fourth-order valence-corrected chi connectivity index (χ4v) is 2.14. The molecule has 0 fully saturated rings. The number of nitrogens with one attached hydrogen (secondary N) is 1. The molecule has 0 bridgehead atoms. The zero-order valence-electron chi connectivity index (χ0n) is 10.9. The third-order valence-corrected chi connectivity index (χ3v) is 3.28. The maximum absolute atomic E-state index is 5.91. The third kappa shape index (κ3) is 2.78. The maximum Gasteiger partial charge on any atom is 0.0521 e. The molecule has 0 aliphatic carbocycles. The van der Waals surface area contributed by atoms with Crippen molar-refractivity contribution in [2.45, 2.75) is 19.5 Å². The molecule has 2 rings (SSSR count). The van der Waals surface area contributed by atoms with Crippen LogP contribution in [0.1, 0.15) is 22.9 Å². The number of nitrogens with two attached hydrogens (primary N) is 1. The second-order valence-corrected chi connectivity index (χ2v) is 4.61. The average Bonchev–Trinajstić information content (AvgIpc) is 2.77. The summed E-state index contributed by atoms with van der Waals surface area (Å²) >= 11 is 0. The molecule has 0 amide bonds. The first-order chi connectivity index (χ1) is 8.72. The van der Waals surface area contributed by atoms with Gasteiger partial charge in [0.1, 0.15) is 0 Å². The summed E-state index contributed by atoms with van der Waals surface area (Å²) in [7, 11) is 2.09. The van der Waals surface area contributed by atoms with Gasteiger partial charge >= 0.3 is 0 Å². The number of likely N-dealkylation sites (N-methyl/N-ethyl adjacent to an activating group) is 1. The van der Waals surface area contributed by atoms with E-state index >= 15 is 0 Å². The predicted octanol–water partition coefficient (Wildman–Crippen LogP) is 1.85. The summed E-state index contributed by atoms with van der Waals surface area (Å²) in [6.07, 6.45) is 1.85. The third-order valence-electron chi connectivity index (χ3n) is 3.28. The van der Waals surface area contributed by atoms with Gasteiger partial charge in [0.2, 0.25) is 0 Å². The minimum Gasteiger partial charge on any atom is -0.329 e. The van der Waals surface area contributed by atoms with Gasteiger partial charge in [-0.3, -0.25) is 10.00 Å². The Morgan fingerprint density at radius 1 is 1.33 bits per heavy atom. The highest BCUT2D eigenvalue weighted by molar-refractivity contribution is 5.20. The van der Waals surface area contributed by atoms with Crippen molar-refractivity contribution in [1.29, 1.82) is 0 Å². The number of aryl methyl sites for hydroxylation is 1. The van der Waals surface area contributed by atoms with E-state index in [0.717, 1.165) is 12.2 Å². The second kappa shape index (κ2) is 5.80. The van der Waals surface area contributed by atoms with Crippen LogP contribution in [-0.4, -0.2) is 28.7 Å². The Hall–Kier alpha value is -1.65. The van der Waals surface area contributed by atoms with Crippen LogP contribution in [0.5, 0.6) is 0 Å². The van der Waals surface area contributed by atoms with E-state index in [4.69, 9.17) is 5.73 Å². The van der Waals surface area contributed by atoms with Crippen LogP contribution in [-0.2, 0) is 6.54 Å². The standard InChI is InChI=1S/C14H20N4/c1-11-9-16-17-13(11)10-18(2)14(8-15)12-6-4-3-5-7-12/h3-7,9,14H,8,10,15H2,1-2H3,(H,16,17). The molecule has 1 unspecified atom stereocenters. The molecule has 0 aliphatic rings. The highest BCUT2D eigenvalue weighted by atomic mass is 15.2. The van der Waals surface area contributed by atoms with E-state index in [-0.39, 0.29) is 6.04 Å². The van der Waals surface area contributed by atoms with Crippen molar-refractivity contribution in [3.63, 3.8) is 0 Å². The summed E-state index contributed by atoms with van der Waals surface area (Å²) in [6, 6.07) is 10.6. The van der Waals surface area contributed by atoms with Crippen LogP contribution in [0.15, 0.2) is 36.5 Å². The molecule has 18 heavy (non-hydrogen) atoms. The Balaban J connectivity index is 2.11. The van der Waals surface area contributed by atoms with Gasteiger partial charge in [0.25, 0.3) is 0 Å². The first-order valence-electron chi connectivity index (χ1n) is 6.16. The molecule has 1 aromatic heterocycles. The van der Waals surface area contributed by atoms with Crippen molar-refractivity contribution >= 4 is 0 Å². The number of rotatable bonds is 5. The fraction of sp³-hybridized carbons (Fsp3) is 0.357. The monoisotopic (exact) mass is 244 g/mol.